The van der Waals surface area contributed by atoms with Gasteiger partial charge < -0.3 is 5.32 Å². The number of thiophene rings is 1. The Morgan fingerprint density at radius 3 is 2.94 bits per heavy atom. The zero-order valence-electron chi connectivity index (χ0n) is 9.84. The van der Waals surface area contributed by atoms with E-state index >= 15 is 0 Å². The zero-order chi connectivity index (χ0) is 11.4. The van der Waals surface area contributed by atoms with E-state index in [2.05, 4.69) is 39.6 Å². The minimum absolute atomic E-state index is 0.750. The fourth-order valence-electron chi connectivity index (χ4n) is 2.64. The molecule has 90 valence electrons. The number of rotatable bonds is 4. The topological polar surface area (TPSA) is 12.0 Å². The summed E-state index contributed by atoms with van der Waals surface area (Å²) in [5, 5.41) is 5.90. The molecule has 0 saturated heterocycles. The second-order valence-electron chi connectivity index (χ2n) is 4.67. The van der Waals surface area contributed by atoms with Crippen LogP contribution in [0.25, 0.3) is 0 Å². The van der Waals surface area contributed by atoms with Crippen molar-refractivity contribution in [2.45, 2.75) is 51.6 Å². The second kappa shape index (κ2) is 6.18. The minimum atomic E-state index is 0.750. The summed E-state index contributed by atoms with van der Waals surface area (Å²) in [6, 6.07) is 2.97. The largest absolute Gasteiger partial charge is 0.309 e. The molecule has 0 aliphatic heterocycles. The van der Waals surface area contributed by atoms with Crippen molar-refractivity contribution in [3.8, 4) is 0 Å². The average Bonchev–Trinajstić information content (AvgIpc) is 2.73. The molecule has 1 nitrogen and oxygen atoms in total. The van der Waals surface area contributed by atoms with E-state index < -0.39 is 0 Å². The van der Waals surface area contributed by atoms with Crippen LogP contribution in [0.5, 0.6) is 0 Å². The van der Waals surface area contributed by atoms with Crippen molar-refractivity contribution in [3.63, 3.8) is 0 Å². The fraction of sp³-hybridized carbons (Fsp3) is 0.692. The lowest BCUT2D eigenvalue weighted by Crippen LogP contribution is -2.37. The van der Waals surface area contributed by atoms with Crippen LogP contribution in [0.15, 0.2) is 15.9 Å². The first-order valence-corrected chi connectivity index (χ1v) is 7.93. The standard InChI is InChI=1S/C13H20BrNS/c1-2-10-5-3-4-6-13(10)15-8-12-7-11(14)9-16-12/h7,9-10,13,15H,2-6,8H2,1H3. The van der Waals surface area contributed by atoms with Gasteiger partial charge in [-0.15, -0.1) is 11.3 Å². The normalized spacial score (nSPS) is 25.9. The lowest BCUT2D eigenvalue weighted by atomic mass is 9.83. The van der Waals surface area contributed by atoms with E-state index in [1.165, 1.54) is 41.5 Å². The third-order valence-electron chi connectivity index (χ3n) is 3.59. The first kappa shape index (κ1) is 12.6. The highest BCUT2D eigenvalue weighted by Gasteiger charge is 2.22. The van der Waals surface area contributed by atoms with Crippen molar-refractivity contribution in [1.82, 2.24) is 5.32 Å². The van der Waals surface area contributed by atoms with Gasteiger partial charge in [-0.1, -0.05) is 26.2 Å². The van der Waals surface area contributed by atoms with Gasteiger partial charge in [-0.05, 0) is 40.8 Å². The molecule has 1 aromatic rings. The van der Waals surface area contributed by atoms with Crippen molar-refractivity contribution in [2.24, 2.45) is 5.92 Å². The summed E-state index contributed by atoms with van der Waals surface area (Å²) in [6.07, 6.45) is 6.95. The predicted molar refractivity (Wildman–Crippen MR) is 74.9 cm³/mol. The van der Waals surface area contributed by atoms with Crippen LogP contribution < -0.4 is 5.32 Å². The summed E-state index contributed by atoms with van der Waals surface area (Å²) < 4.78 is 1.21. The molecule has 16 heavy (non-hydrogen) atoms. The van der Waals surface area contributed by atoms with Gasteiger partial charge in [0, 0.05) is 27.3 Å². The van der Waals surface area contributed by atoms with Gasteiger partial charge in [-0.25, -0.2) is 0 Å². The molecule has 1 aliphatic carbocycles. The van der Waals surface area contributed by atoms with Crippen molar-refractivity contribution in [2.75, 3.05) is 0 Å². The van der Waals surface area contributed by atoms with Crippen LogP contribution >= 0.6 is 27.3 Å². The Hall–Kier alpha value is 0.140. The Kier molecular flexibility index (Phi) is 4.86. The minimum Gasteiger partial charge on any atom is -0.309 e. The van der Waals surface area contributed by atoms with Gasteiger partial charge >= 0.3 is 0 Å². The van der Waals surface area contributed by atoms with Crippen molar-refractivity contribution in [3.05, 3.63) is 20.8 Å². The highest BCUT2D eigenvalue weighted by molar-refractivity contribution is 9.10. The molecule has 0 aromatic carbocycles. The maximum Gasteiger partial charge on any atom is 0.0302 e. The molecule has 0 spiro atoms. The predicted octanol–water partition coefficient (Wildman–Crippen LogP) is 4.57. The van der Waals surface area contributed by atoms with Gasteiger partial charge in [-0.3, -0.25) is 0 Å². The van der Waals surface area contributed by atoms with E-state index in [1.54, 1.807) is 0 Å². The van der Waals surface area contributed by atoms with Gasteiger partial charge in [0.05, 0.1) is 0 Å². The van der Waals surface area contributed by atoms with Crippen LogP contribution in [-0.2, 0) is 6.54 Å². The van der Waals surface area contributed by atoms with Gasteiger partial charge in [0.2, 0.25) is 0 Å². The molecule has 1 N–H and O–H groups in total. The third-order valence-corrected chi connectivity index (χ3v) is 5.29. The van der Waals surface area contributed by atoms with Crippen LogP contribution in [0.2, 0.25) is 0 Å². The van der Waals surface area contributed by atoms with Gasteiger partial charge in [0.1, 0.15) is 0 Å². The van der Waals surface area contributed by atoms with Gasteiger partial charge in [0.15, 0.2) is 0 Å². The Morgan fingerprint density at radius 2 is 2.25 bits per heavy atom. The Morgan fingerprint density at radius 1 is 1.44 bits per heavy atom. The molecule has 2 atom stereocenters. The molecule has 1 aliphatic rings. The van der Waals surface area contributed by atoms with Gasteiger partial charge in [0.25, 0.3) is 0 Å². The summed E-state index contributed by atoms with van der Waals surface area (Å²) in [5.74, 6) is 0.900. The molecule has 2 unspecified atom stereocenters. The van der Waals surface area contributed by atoms with E-state index in [0.717, 1.165) is 18.5 Å². The highest BCUT2D eigenvalue weighted by atomic mass is 79.9. The summed E-state index contributed by atoms with van der Waals surface area (Å²) in [5.41, 5.74) is 0. The SMILES string of the molecule is CCC1CCCCC1NCc1cc(Br)cs1. The summed E-state index contributed by atoms with van der Waals surface area (Å²) in [6.45, 7) is 3.36. The maximum atomic E-state index is 3.74. The van der Waals surface area contributed by atoms with Crippen molar-refractivity contribution >= 4 is 27.3 Å². The van der Waals surface area contributed by atoms with Crippen molar-refractivity contribution in [1.29, 1.82) is 0 Å². The smallest absolute Gasteiger partial charge is 0.0302 e. The van der Waals surface area contributed by atoms with E-state index in [0.29, 0.717) is 0 Å². The highest BCUT2D eigenvalue weighted by Crippen LogP contribution is 2.27. The molecule has 1 saturated carbocycles. The molecule has 3 heteroatoms. The molecular weight excluding hydrogens is 282 g/mol. The Balaban J connectivity index is 1.84. The zero-order valence-corrected chi connectivity index (χ0v) is 12.2. The lowest BCUT2D eigenvalue weighted by Gasteiger charge is -2.31. The quantitative estimate of drug-likeness (QED) is 0.859. The van der Waals surface area contributed by atoms with E-state index in [-0.39, 0.29) is 0 Å². The molecule has 0 amide bonds. The molecule has 1 aromatic heterocycles. The Bertz CT molecular complexity index is 323. The summed E-state index contributed by atoms with van der Waals surface area (Å²) in [7, 11) is 0. The van der Waals surface area contributed by atoms with E-state index in [4.69, 9.17) is 0 Å². The molecule has 2 rings (SSSR count). The summed E-state index contributed by atoms with van der Waals surface area (Å²) in [4.78, 5) is 1.44. The number of halogens is 1. The fourth-order valence-corrected chi connectivity index (χ4v) is 4.05. The molecule has 0 radical (unpaired) electrons. The van der Waals surface area contributed by atoms with Crippen LogP contribution in [0.1, 0.15) is 43.9 Å². The van der Waals surface area contributed by atoms with Crippen LogP contribution in [0.4, 0.5) is 0 Å². The molecular formula is C13H20BrNS. The van der Waals surface area contributed by atoms with E-state index in [9.17, 15) is 0 Å². The number of hydrogen-bond acceptors (Lipinski definition) is 2. The third kappa shape index (κ3) is 3.31. The first-order valence-electron chi connectivity index (χ1n) is 6.26. The maximum absolute atomic E-state index is 3.74. The number of hydrogen-bond donors (Lipinski definition) is 1. The Labute approximate surface area is 111 Å². The molecule has 1 heterocycles. The van der Waals surface area contributed by atoms with Crippen molar-refractivity contribution < 1.29 is 0 Å². The second-order valence-corrected chi connectivity index (χ2v) is 6.58. The molecule has 0 bridgehead atoms. The van der Waals surface area contributed by atoms with Gasteiger partial charge in [-0.2, -0.15) is 0 Å². The summed E-state index contributed by atoms with van der Waals surface area (Å²) >= 11 is 5.34. The van der Waals surface area contributed by atoms with E-state index in [1.807, 2.05) is 11.3 Å². The van der Waals surface area contributed by atoms with Crippen LogP contribution in [-0.4, -0.2) is 6.04 Å². The van der Waals surface area contributed by atoms with Crippen LogP contribution in [0, 0.1) is 5.92 Å². The molecule has 1 fully saturated rings. The monoisotopic (exact) mass is 301 g/mol. The van der Waals surface area contributed by atoms with Crippen LogP contribution in [0.3, 0.4) is 0 Å². The lowest BCUT2D eigenvalue weighted by molar-refractivity contribution is 0.255. The number of nitrogens with one attached hydrogen (secondary N) is 1. The average molecular weight is 302 g/mol. The first-order chi connectivity index (χ1) is 7.79.